The van der Waals surface area contributed by atoms with E-state index in [0.717, 1.165) is 24.4 Å². The number of non-ortho nitro benzene ring substituents is 1. The lowest BCUT2D eigenvalue weighted by atomic mass is 10.2. The Hall–Kier alpha value is -3.46. The first-order valence-corrected chi connectivity index (χ1v) is 7.58. The Bertz CT molecular complexity index is 885. The van der Waals surface area contributed by atoms with E-state index in [2.05, 4.69) is 15.8 Å². The minimum atomic E-state index is -0.633. The van der Waals surface area contributed by atoms with Crippen molar-refractivity contribution in [1.29, 1.82) is 0 Å². The summed E-state index contributed by atoms with van der Waals surface area (Å²) >= 11 is 5.88. The van der Waals surface area contributed by atoms with Crippen LogP contribution in [0.1, 0.15) is 15.9 Å². The Labute approximate surface area is 152 Å². The van der Waals surface area contributed by atoms with Crippen LogP contribution in [0.3, 0.4) is 0 Å². The number of benzene rings is 2. The van der Waals surface area contributed by atoms with Crippen molar-refractivity contribution >= 4 is 35.3 Å². The average molecular weight is 377 g/mol. The van der Waals surface area contributed by atoms with Gasteiger partial charge in [-0.1, -0.05) is 23.7 Å². The van der Waals surface area contributed by atoms with Crippen molar-refractivity contribution in [3.63, 3.8) is 0 Å². The predicted octanol–water partition coefficient (Wildman–Crippen LogP) is 1.83. The summed E-state index contributed by atoms with van der Waals surface area (Å²) in [7, 11) is 0. The third-order valence-corrected chi connectivity index (χ3v) is 3.47. The van der Waals surface area contributed by atoms with Gasteiger partial charge in [-0.25, -0.2) is 5.43 Å². The van der Waals surface area contributed by atoms with Gasteiger partial charge < -0.3 is 10.4 Å². The van der Waals surface area contributed by atoms with E-state index in [4.69, 9.17) is 11.6 Å². The Balaban J connectivity index is 1.90. The van der Waals surface area contributed by atoms with E-state index in [1.807, 2.05) is 0 Å². The van der Waals surface area contributed by atoms with Crippen molar-refractivity contribution in [1.82, 2.24) is 10.7 Å². The van der Waals surface area contributed by atoms with E-state index in [-0.39, 0.29) is 34.1 Å². The molecule has 0 saturated heterocycles. The first kappa shape index (κ1) is 18.9. The van der Waals surface area contributed by atoms with Gasteiger partial charge in [0.2, 0.25) is 0 Å². The van der Waals surface area contributed by atoms with E-state index in [0.29, 0.717) is 0 Å². The molecule has 26 heavy (non-hydrogen) atoms. The lowest BCUT2D eigenvalue weighted by Crippen LogP contribution is -2.35. The molecule has 9 nitrogen and oxygen atoms in total. The van der Waals surface area contributed by atoms with Crippen LogP contribution in [0.5, 0.6) is 5.75 Å². The predicted molar refractivity (Wildman–Crippen MR) is 94.3 cm³/mol. The van der Waals surface area contributed by atoms with E-state index in [9.17, 15) is 24.8 Å². The Morgan fingerprint density at radius 1 is 1.27 bits per heavy atom. The first-order valence-electron chi connectivity index (χ1n) is 7.20. The number of nitrogens with one attached hydrogen (secondary N) is 2. The number of phenols is 1. The zero-order chi connectivity index (χ0) is 19.1. The van der Waals surface area contributed by atoms with Crippen molar-refractivity contribution in [2.24, 2.45) is 5.10 Å². The lowest BCUT2D eigenvalue weighted by molar-refractivity contribution is -0.384. The van der Waals surface area contributed by atoms with Gasteiger partial charge >= 0.3 is 0 Å². The van der Waals surface area contributed by atoms with Gasteiger partial charge in [0, 0.05) is 17.7 Å². The summed E-state index contributed by atoms with van der Waals surface area (Å²) in [4.78, 5) is 33.6. The SMILES string of the molecule is O=C(CNC(=O)c1ccccc1Cl)N/N=C/c1cc([N+](=O)[O-])ccc1O. The molecule has 0 spiro atoms. The highest BCUT2D eigenvalue weighted by molar-refractivity contribution is 6.33. The zero-order valence-electron chi connectivity index (χ0n) is 13.2. The van der Waals surface area contributed by atoms with Crippen LogP contribution >= 0.6 is 11.6 Å². The Morgan fingerprint density at radius 3 is 2.69 bits per heavy atom. The average Bonchev–Trinajstić information content (AvgIpc) is 2.61. The van der Waals surface area contributed by atoms with Crippen molar-refractivity contribution in [2.75, 3.05) is 6.54 Å². The Morgan fingerprint density at radius 2 is 2.00 bits per heavy atom. The largest absolute Gasteiger partial charge is 0.507 e. The normalized spacial score (nSPS) is 10.5. The van der Waals surface area contributed by atoms with Crippen molar-refractivity contribution in [3.8, 4) is 5.75 Å². The molecule has 0 aliphatic heterocycles. The minimum Gasteiger partial charge on any atom is -0.507 e. The van der Waals surface area contributed by atoms with Crippen molar-refractivity contribution in [2.45, 2.75) is 0 Å². The minimum absolute atomic E-state index is 0.0552. The van der Waals surface area contributed by atoms with Gasteiger partial charge in [0.15, 0.2) is 0 Å². The van der Waals surface area contributed by atoms with E-state index < -0.39 is 16.7 Å². The topological polar surface area (TPSA) is 134 Å². The molecule has 0 atom stereocenters. The standard InChI is InChI=1S/C16H13ClN4O5/c17-13-4-2-1-3-12(13)16(24)18-9-15(23)20-19-8-10-7-11(21(25)26)5-6-14(10)22/h1-8,22H,9H2,(H,18,24)(H,20,23)/b19-8+. The maximum atomic E-state index is 11.9. The van der Waals surface area contributed by atoms with Gasteiger partial charge in [-0.15, -0.1) is 0 Å². The second-order valence-electron chi connectivity index (χ2n) is 4.96. The number of hydrogen-bond donors (Lipinski definition) is 3. The molecule has 0 heterocycles. The maximum absolute atomic E-state index is 11.9. The van der Waals surface area contributed by atoms with E-state index >= 15 is 0 Å². The second-order valence-corrected chi connectivity index (χ2v) is 5.36. The van der Waals surface area contributed by atoms with Crippen LogP contribution in [0.15, 0.2) is 47.6 Å². The molecule has 2 rings (SSSR count). The van der Waals surface area contributed by atoms with Gasteiger partial charge in [-0.2, -0.15) is 5.10 Å². The smallest absolute Gasteiger partial charge is 0.270 e. The molecule has 0 radical (unpaired) electrons. The van der Waals surface area contributed by atoms with Crippen LogP contribution in [-0.4, -0.2) is 34.6 Å². The zero-order valence-corrected chi connectivity index (χ0v) is 13.9. The van der Waals surface area contributed by atoms with Crippen LogP contribution in [0.2, 0.25) is 5.02 Å². The summed E-state index contributed by atoms with van der Waals surface area (Å²) in [6.45, 7) is -0.359. The summed E-state index contributed by atoms with van der Waals surface area (Å²) < 4.78 is 0. The number of phenolic OH excluding ortho intramolecular Hbond substituents is 1. The highest BCUT2D eigenvalue weighted by Gasteiger charge is 2.11. The number of amides is 2. The number of nitro groups is 1. The van der Waals surface area contributed by atoms with E-state index in [1.165, 1.54) is 6.07 Å². The third-order valence-electron chi connectivity index (χ3n) is 3.14. The molecule has 2 aromatic carbocycles. The number of rotatable bonds is 6. The highest BCUT2D eigenvalue weighted by Crippen LogP contribution is 2.21. The van der Waals surface area contributed by atoms with Gasteiger partial charge in [-0.05, 0) is 18.2 Å². The molecule has 2 aromatic rings. The number of halogens is 1. The molecule has 0 bridgehead atoms. The molecular formula is C16H13ClN4O5. The molecule has 0 unspecified atom stereocenters. The fourth-order valence-electron chi connectivity index (χ4n) is 1.87. The molecule has 0 aromatic heterocycles. The molecular weight excluding hydrogens is 364 g/mol. The van der Waals surface area contributed by atoms with Crippen LogP contribution in [0, 0.1) is 10.1 Å². The number of nitrogens with zero attached hydrogens (tertiary/aromatic N) is 2. The quantitative estimate of drug-likeness (QED) is 0.401. The van der Waals surface area contributed by atoms with Crippen LogP contribution < -0.4 is 10.7 Å². The number of aromatic hydroxyl groups is 1. The third kappa shape index (κ3) is 5.02. The van der Waals surface area contributed by atoms with E-state index in [1.54, 1.807) is 18.2 Å². The van der Waals surface area contributed by atoms with Crippen molar-refractivity contribution in [3.05, 3.63) is 68.7 Å². The summed E-state index contributed by atoms with van der Waals surface area (Å²) in [5, 5.41) is 26.5. The van der Waals surface area contributed by atoms with Crippen molar-refractivity contribution < 1.29 is 19.6 Å². The molecule has 0 fully saturated rings. The monoisotopic (exact) mass is 376 g/mol. The number of hydrazone groups is 1. The molecule has 0 aliphatic rings. The van der Waals surface area contributed by atoms with Crippen LogP contribution in [0.4, 0.5) is 5.69 Å². The molecule has 0 aliphatic carbocycles. The fourth-order valence-corrected chi connectivity index (χ4v) is 2.09. The maximum Gasteiger partial charge on any atom is 0.270 e. The van der Waals surface area contributed by atoms with Gasteiger partial charge in [0.05, 0.1) is 28.3 Å². The second kappa shape index (κ2) is 8.58. The lowest BCUT2D eigenvalue weighted by Gasteiger charge is -2.05. The summed E-state index contributed by atoms with van der Waals surface area (Å²) in [6, 6.07) is 9.75. The van der Waals surface area contributed by atoms with Crippen LogP contribution in [0.25, 0.3) is 0 Å². The molecule has 3 N–H and O–H groups in total. The summed E-state index contributed by atoms with van der Waals surface area (Å²) in [5.41, 5.74) is 2.18. The summed E-state index contributed by atoms with van der Waals surface area (Å²) in [5.74, 6) is -1.39. The number of carbonyl (C=O) groups excluding carboxylic acids is 2. The van der Waals surface area contributed by atoms with Gasteiger partial charge in [-0.3, -0.25) is 19.7 Å². The fraction of sp³-hybridized carbons (Fsp3) is 0.0625. The number of hydrogen-bond acceptors (Lipinski definition) is 6. The highest BCUT2D eigenvalue weighted by atomic mass is 35.5. The molecule has 2 amide bonds. The van der Waals surface area contributed by atoms with Crippen LogP contribution in [-0.2, 0) is 4.79 Å². The molecule has 10 heteroatoms. The van der Waals surface area contributed by atoms with Gasteiger partial charge in [0.1, 0.15) is 5.75 Å². The first-order chi connectivity index (χ1) is 12.4. The molecule has 0 saturated carbocycles. The summed E-state index contributed by atoms with van der Waals surface area (Å²) in [6.07, 6.45) is 1.05. The number of nitro benzene ring substituents is 1. The number of carbonyl (C=O) groups is 2. The Kier molecular flexibility index (Phi) is 6.23. The van der Waals surface area contributed by atoms with Gasteiger partial charge in [0.25, 0.3) is 17.5 Å². The molecule has 134 valence electrons.